The molecular formula is C18H21ClN4O4S. The second-order valence-electron chi connectivity index (χ2n) is 6.19. The fraction of sp³-hybridized carbons (Fsp3) is 0.278. The molecule has 2 aromatic rings. The van der Waals surface area contributed by atoms with E-state index in [2.05, 4.69) is 10.1 Å². The number of ether oxygens (including phenoxy) is 1. The highest BCUT2D eigenvalue weighted by Gasteiger charge is 2.23. The number of allylic oxidation sites excluding steroid dienone is 1. The van der Waals surface area contributed by atoms with E-state index in [9.17, 15) is 13.2 Å². The van der Waals surface area contributed by atoms with E-state index in [-0.39, 0.29) is 33.5 Å². The SMILES string of the molecule is CC(C=NCc1c(S(C)(=O)=O)ccc(C(=O)Oc2cc(C)nn2C)c1Cl)=CN. The third-order valence-corrected chi connectivity index (χ3v) is 5.40. The fourth-order valence-electron chi connectivity index (χ4n) is 2.41. The summed E-state index contributed by atoms with van der Waals surface area (Å²) in [6.07, 6.45) is 3.92. The number of nitrogens with zero attached hydrogens (tertiary/aromatic N) is 3. The molecule has 0 atom stereocenters. The van der Waals surface area contributed by atoms with Crippen molar-refractivity contribution in [2.45, 2.75) is 25.3 Å². The molecule has 0 aliphatic carbocycles. The van der Waals surface area contributed by atoms with Gasteiger partial charge in [-0.2, -0.15) is 5.10 Å². The number of aliphatic imine (C=N–C) groups is 1. The van der Waals surface area contributed by atoms with E-state index in [1.807, 2.05) is 0 Å². The van der Waals surface area contributed by atoms with Crippen LogP contribution in [0.5, 0.6) is 5.88 Å². The molecule has 0 saturated carbocycles. The maximum absolute atomic E-state index is 12.6. The van der Waals surface area contributed by atoms with Crippen molar-refractivity contribution in [3.05, 3.63) is 51.8 Å². The lowest BCUT2D eigenvalue weighted by molar-refractivity contribution is 0.0720. The van der Waals surface area contributed by atoms with Gasteiger partial charge in [-0.1, -0.05) is 11.6 Å². The molecule has 28 heavy (non-hydrogen) atoms. The van der Waals surface area contributed by atoms with E-state index in [0.29, 0.717) is 11.3 Å². The molecule has 1 aromatic heterocycles. The molecule has 0 aliphatic heterocycles. The number of esters is 1. The lowest BCUT2D eigenvalue weighted by Gasteiger charge is -2.12. The normalized spacial score (nSPS) is 12.5. The van der Waals surface area contributed by atoms with Gasteiger partial charge in [0.15, 0.2) is 9.84 Å². The zero-order valence-electron chi connectivity index (χ0n) is 15.9. The number of carbonyl (C=O) groups excluding carboxylic acids is 1. The minimum absolute atomic E-state index is 0.00282. The molecule has 10 heteroatoms. The van der Waals surface area contributed by atoms with Gasteiger partial charge in [-0.25, -0.2) is 17.9 Å². The van der Waals surface area contributed by atoms with Crippen molar-refractivity contribution in [3.63, 3.8) is 0 Å². The van der Waals surface area contributed by atoms with Gasteiger partial charge in [0, 0.05) is 31.1 Å². The summed E-state index contributed by atoms with van der Waals surface area (Å²) in [5, 5.41) is 4.07. The molecule has 8 nitrogen and oxygen atoms in total. The van der Waals surface area contributed by atoms with Crippen LogP contribution in [0.25, 0.3) is 0 Å². The molecule has 1 aromatic carbocycles. The van der Waals surface area contributed by atoms with E-state index < -0.39 is 15.8 Å². The summed E-state index contributed by atoms with van der Waals surface area (Å²) in [7, 11) is -1.94. The van der Waals surface area contributed by atoms with E-state index in [0.717, 1.165) is 6.26 Å². The van der Waals surface area contributed by atoms with Crippen LogP contribution in [-0.4, -0.2) is 36.6 Å². The third kappa shape index (κ3) is 4.99. The molecule has 0 unspecified atom stereocenters. The summed E-state index contributed by atoms with van der Waals surface area (Å²) in [5.41, 5.74) is 7.01. The van der Waals surface area contributed by atoms with E-state index >= 15 is 0 Å². The van der Waals surface area contributed by atoms with Crippen molar-refractivity contribution >= 4 is 33.6 Å². The van der Waals surface area contributed by atoms with Gasteiger partial charge in [0.25, 0.3) is 0 Å². The number of aryl methyl sites for hydroxylation is 2. The van der Waals surface area contributed by atoms with E-state index in [4.69, 9.17) is 22.1 Å². The summed E-state index contributed by atoms with van der Waals surface area (Å²) in [6, 6.07) is 4.25. The molecule has 0 bridgehead atoms. The number of nitrogens with two attached hydrogens (primary N) is 1. The second-order valence-corrected chi connectivity index (χ2v) is 8.56. The zero-order valence-corrected chi connectivity index (χ0v) is 17.5. The van der Waals surface area contributed by atoms with Gasteiger partial charge in [0.1, 0.15) is 0 Å². The van der Waals surface area contributed by atoms with Crippen LogP contribution in [0.15, 0.2) is 39.9 Å². The van der Waals surface area contributed by atoms with Crippen LogP contribution in [0.1, 0.15) is 28.5 Å². The van der Waals surface area contributed by atoms with Gasteiger partial charge in [0.2, 0.25) is 5.88 Å². The second kappa shape index (κ2) is 8.57. The fourth-order valence-corrected chi connectivity index (χ4v) is 3.70. The van der Waals surface area contributed by atoms with Crippen molar-refractivity contribution in [2.24, 2.45) is 17.8 Å². The third-order valence-electron chi connectivity index (χ3n) is 3.78. The maximum Gasteiger partial charge on any atom is 0.346 e. The Kier molecular flexibility index (Phi) is 6.63. The Bertz CT molecular complexity index is 1070. The summed E-state index contributed by atoms with van der Waals surface area (Å²) in [4.78, 5) is 16.7. The Morgan fingerprint density at radius 1 is 1.43 bits per heavy atom. The first-order valence-corrected chi connectivity index (χ1v) is 10.4. The van der Waals surface area contributed by atoms with Crippen LogP contribution in [-0.2, 0) is 23.4 Å². The molecule has 0 spiro atoms. The maximum atomic E-state index is 12.6. The minimum Gasteiger partial charge on any atom is -0.404 e. The molecule has 2 N–H and O–H groups in total. The Hall–Kier alpha value is -2.65. The van der Waals surface area contributed by atoms with Crippen LogP contribution < -0.4 is 10.5 Å². The molecule has 2 rings (SSSR count). The molecular weight excluding hydrogens is 404 g/mol. The van der Waals surface area contributed by atoms with Crippen LogP contribution in [0, 0.1) is 6.92 Å². The first-order chi connectivity index (χ1) is 13.0. The number of carbonyl (C=O) groups is 1. The Balaban J connectivity index is 2.46. The molecule has 0 radical (unpaired) electrons. The predicted molar refractivity (Wildman–Crippen MR) is 108 cm³/mol. The zero-order chi connectivity index (χ0) is 21.1. The molecule has 150 valence electrons. The number of aromatic nitrogens is 2. The van der Waals surface area contributed by atoms with Crippen molar-refractivity contribution in [2.75, 3.05) is 6.26 Å². The van der Waals surface area contributed by atoms with Gasteiger partial charge < -0.3 is 10.5 Å². The average Bonchev–Trinajstić information content (AvgIpc) is 2.91. The smallest absolute Gasteiger partial charge is 0.346 e. The van der Waals surface area contributed by atoms with Crippen molar-refractivity contribution < 1.29 is 17.9 Å². The number of benzene rings is 1. The first kappa shape index (κ1) is 21.6. The average molecular weight is 425 g/mol. The number of hydrogen-bond acceptors (Lipinski definition) is 7. The Labute approximate surface area is 168 Å². The lowest BCUT2D eigenvalue weighted by atomic mass is 10.1. The van der Waals surface area contributed by atoms with Gasteiger partial charge in [-0.15, -0.1) is 0 Å². The number of hydrogen-bond donors (Lipinski definition) is 1. The number of halogens is 1. The topological polar surface area (TPSA) is 117 Å². The number of sulfone groups is 1. The van der Waals surface area contributed by atoms with Gasteiger partial charge in [-0.3, -0.25) is 4.99 Å². The van der Waals surface area contributed by atoms with E-state index in [1.54, 1.807) is 27.0 Å². The standard InChI is InChI=1S/C18H21ClN4O4S/c1-11(8-20)9-21-10-14-15(28(4,25)26)6-5-13(17(14)19)18(24)27-16-7-12(2)22-23(16)3/h5-9H,10,20H2,1-4H3. The Morgan fingerprint density at radius 3 is 2.64 bits per heavy atom. The highest BCUT2D eigenvalue weighted by Crippen LogP contribution is 2.30. The highest BCUT2D eigenvalue weighted by atomic mass is 35.5. The van der Waals surface area contributed by atoms with Gasteiger partial charge in [-0.05, 0) is 37.8 Å². The molecule has 0 amide bonds. The largest absolute Gasteiger partial charge is 0.404 e. The van der Waals surface area contributed by atoms with Gasteiger partial charge >= 0.3 is 5.97 Å². The summed E-state index contributed by atoms with van der Waals surface area (Å²) < 4.78 is 31.0. The summed E-state index contributed by atoms with van der Waals surface area (Å²) >= 11 is 6.37. The summed E-state index contributed by atoms with van der Waals surface area (Å²) in [5.74, 6) is -0.481. The van der Waals surface area contributed by atoms with Crippen LogP contribution in [0.2, 0.25) is 5.02 Å². The van der Waals surface area contributed by atoms with Crippen LogP contribution >= 0.6 is 11.6 Å². The first-order valence-electron chi connectivity index (χ1n) is 8.17. The van der Waals surface area contributed by atoms with Crippen molar-refractivity contribution in [1.29, 1.82) is 0 Å². The molecule has 0 aliphatic rings. The van der Waals surface area contributed by atoms with Crippen LogP contribution in [0.4, 0.5) is 0 Å². The molecule has 0 fully saturated rings. The lowest BCUT2D eigenvalue weighted by Crippen LogP contribution is -2.14. The van der Waals surface area contributed by atoms with Crippen LogP contribution in [0.3, 0.4) is 0 Å². The highest BCUT2D eigenvalue weighted by molar-refractivity contribution is 7.90. The summed E-state index contributed by atoms with van der Waals surface area (Å²) in [6.45, 7) is 3.46. The molecule has 0 saturated heterocycles. The van der Waals surface area contributed by atoms with Crippen molar-refractivity contribution in [3.8, 4) is 5.88 Å². The number of rotatable bonds is 6. The molecule has 1 heterocycles. The quantitative estimate of drug-likeness (QED) is 0.562. The van der Waals surface area contributed by atoms with Crippen molar-refractivity contribution in [1.82, 2.24) is 9.78 Å². The predicted octanol–water partition coefficient (Wildman–Crippen LogP) is 2.44. The minimum atomic E-state index is -3.58. The van der Waals surface area contributed by atoms with E-state index in [1.165, 1.54) is 29.2 Å². The van der Waals surface area contributed by atoms with Gasteiger partial charge in [0.05, 0.1) is 27.7 Å². The monoisotopic (exact) mass is 424 g/mol. The Morgan fingerprint density at radius 2 is 2.11 bits per heavy atom.